The van der Waals surface area contributed by atoms with Crippen molar-refractivity contribution in [2.45, 2.75) is 66.3 Å². The summed E-state index contributed by atoms with van der Waals surface area (Å²) in [6, 6.07) is 0.0802. The highest BCUT2D eigenvalue weighted by Crippen LogP contribution is 2.20. The minimum Gasteiger partial charge on any atom is -0.481 e. The SMILES string of the molecule is Cc1nc(=O)n(C(C)CCC(C)C)c(C)c1CCC(=O)O. The van der Waals surface area contributed by atoms with E-state index in [4.69, 9.17) is 5.11 Å². The van der Waals surface area contributed by atoms with Gasteiger partial charge in [0.05, 0.1) is 0 Å². The predicted molar refractivity (Wildman–Crippen MR) is 82.7 cm³/mol. The topological polar surface area (TPSA) is 72.2 Å². The first-order chi connectivity index (χ1) is 9.73. The maximum absolute atomic E-state index is 12.2. The van der Waals surface area contributed by atoms with Gasteiger partial charge in [-0.05, 0) is 51.5 Å². The van der Waals surface area contributed by atoms with Gasteiger partial charge in [0.25, 0.3) is 0 Å². The minimum atomic E-state index is -0.834. The fourth-order valence-corrected chi connectivity index (χ4v) is 2.63. The molecule has 5 nitrogen and oxygen atoms in total. The Morgan fingerprint density at radius 2 is 1.86 bits per heavy atom. The number of carboxylic acids is 1. The molecule has 1 aromatic rings. The van der Waals surface area contributed by atoms with Crippen molar-refractivity contribution in [3.63, 3.8) is 0 Å². The van der Waals surface area contributed by atoms with E-state index in [2.05, 4.69) is 18.8 Å². The summed E-state index contributed by atoms with van der Waals surface area (Å²) in [6.45, 7) is 10.0. The summed E-state index contributed by atoms with van der Waals surface area (Å²) in [4.78, 5) is 27.0. The Labute approximate surface area is 126 Å². The van der Waals surface area contributed by atoms with Crippen molar-refractivity contribution in [2.24, 2.45) is 5.92 Å². The first-order valence-electron chi connectivity index (χ1n) is 7.54. The van der Waals surface area contributed by atoms with Crippen LogP contribution in [0.25, 0.3) is 0 Å². The summed E-state index contributed by atoms with van der Waals surface area (Å²) in [5.74, 6) is -0.243. The molecule has 0 amide bonds. The van der Waals surface area contributed by atoms with Gasteiger partial charge in [0.1, 0.15) is 0 Å². The number of carboxylic acid groups (broad SMARTS) is 1. The molecule has 118 valence electrons. The Morgan fingerprint density at radius 1 is 1.24 bits per heavy atom. The lowest BCUT2D eigenvalue weighted by Crippen LogP contribution is -2.30. The van der Waals surface area contributed by atoms with Crippen molar-refractivity contribution in [2.75, 3.05) is 0 Å². The maximum atomic E-state index is 12.2. The molecule has 0 saturated heterocycles. The first kappa shape index (κ1) is 17.4. The predicted octanol–water partition coefficient (Wildman–Crippen LogP) is 2.87. The number of aryl methyl sites for hydroxylation is 1. The van der Waals surface area contributed by atoms with Crippen molar-refractivity contribution in [1.29, 1.82) is 0 Å². The molecule has 0 radical (unpaired) electrons. The first-order valence-corrected chi connectivity index (χ1v) is 7.54. The number of carbonyl (C=O) groups is 1. The Morgan fingerprint density at radius 3 is 2.38 bits per heavy atom. The van der Waals surface area contributed by atoms with Gasteiger partial charge in [0, 0.05) is 23.9 Å². The number of hydrogen-bond donors (Lipinski definition) is 1. The zero-order chi connectivity index (χ0) is 16.2. The van der Waals surface area contributed by atoms with E-state index in [0.717, 1.165) is 24.1 Å². The maximum Gasteiger partial charge on any atom is 0.348 e. The third-order valence-corrected chi connectivity index (χ3v) is 3.90. The van der Waals surface area contributed by atoms with Crippen LogP contribution in [0.5, 0.6) is 0 Å². The molecule has 1 heterocycles. The van der Waals surface area contributed by atoms with Gasteiger partial charge in [-0.1, -0.05) is 13.8 Å². The average molecular weight is 294 g/mol. The standard InChI is InChI=1S/C16H26N2O3/c1-10(2)6-7-11(3)18-13(5)14(8-9-15(19)20)12(4)17-16(18)21/h10-11H,6-9H2,1-5H3,(H,19,20). The van der Waals surface area contributed by atoms with Gasteiger partial charge >= 0.3 is 11.7 Å². The molecule has 1 rings (SSSR count). The lowest BCUT2D eigenvalue weighted by Gasteiger charge is -2.21. The Bertz CT molecular complexity index is 561. The van der Waals surface area contributed by atoms with Gasteiger partial charge in [-0.25, -0.2) is 4.79 Å². The molecule has 0 aliphatic rings. The monoisotopic (exact) mass is 294 g/mol. The summed E-state index contributed by atoms with van der Waals surface area (Å²) in [5.41, 5.74) is 2.14. The number of aromatic nitrogens is 2. The van der Waals surface area contributed by atoms with Gasteiger partial charge in [0.15, 0.2) is 0 Å². The van der Waals surface area contributed by atoms with E-state index in [1.807, 2.05) is 13.8 Å². The highest BCUT2D eigenvalue weighted by atomic mass is 16.4. The molecule has 1 atom stereocenters. The van der Waals surface area contributed by atoms with Crippen LogP contribution >= 0.6 is 0 Å². The number of hydrogen-bond acceptors (Lipinski definition) is 3. The third kappa shape index (κ3) is 4.69. The third-order valence-electron chi connectivity index (χ3n) is 3.90. The van der Waals surface area contributed by atoms with Gasteiger partial charge < -0.3 is 5.11 Å². The fraction of sp³-hybridized carbons (Fsp3) is 0.688. The molecule has 0 spiro atoms. The van der Waals surface area contributed by atoms with Crippen LogP contribution in [-0.4, -0.2) is 20.6 Å². The van der Waals surface area contributed by atoms with E-state index in [9.17, 15) is 9.59 Å². The van der Waals surface area contributed by atoms with Crippen molar-refractivity contribution < 1.29 is 9.90 Å². The van der Waals surface area contributed by atoms with Crippen LogP contribution in [0.4, 0.5) is 0 Å². The highest BCUT2D eigenvalue weighted by Gasteiger charge is 2.16. The zero-order valence-electron chi connectivity index (χ0n) is 13.6. The molecule has 0 saturated carbocycles. The summed E-state index contributed by atoms with van der Waals surface area (Å²) in [6.07, 6.45) is 2.44. The second-order valence-electron chi connectivity index (χ2n) is 6.13. The second kappa shape index (κ2) is 7.38. The van der Waals surface area contributed by atoms with Crippen LogP contribution in [-0.2, 0) is 11.2 Å². The van der Waals surface area contributed by atoms with Crippen molar-refractivity contribution in [3.8, 4) is 0 Å². The average Bonchev–Trinajstić information content (AvgIpc) is 2.35. The van der Waals surface area contributed by atoms with Crippen molar-refractivity contribution >= 4 is 5.97 Å². The zero-order valence-corrected chi connectivity index (χ0v) is 13.6. The Hall–Kier alpha value is -1.65. The molecule has 1 unspecified atom stereocenters. The fourth-order valence-electron chi connectivity index (χ4n) is 2.63. The van der Waals surface area contributed by atoms with Crippen LogP contribution in [0.1, 0.15) is 63.0 Å². The van der Waals surface area contributed by atoms with Gasteiger partial charge in [0.2, 0.25) is 0 Å². The van der Waals surface area contributed by atoms with E-state index >= 15 is 0 Å². The smallest absolute Gasteiger partial charge is 0.348 e. The second-order valence-corrected chi connectivity index (χ2v) is 6.13. The van der Waals surface area contributed by atoms with Gasteiger partial charge in [-0.2, -0.15) is 4.98 Å². The van der Waals surface area contributed by atoms with Crippen molar-refractivity contribution in [1.82, 2.24) is 9.55 Å². The summed E-state index contributed by atoms with van der Waals surface area (Å²) < 4.78 is 1.71. The molecule has 1 N–H and O–H groups in total. The summed E-state index contributed by atoms with van der Waals surface area (Å²) >= 11 is 0. The number of rotatable bonds is 7. The number of nitrogens with zero attached hydrogens (tertiary/aromatic N) is 2. The molecule has 0 bridgehead atoms. The molecule has 21 heavy (non-hydrogen) atoms. The molecule has 0 aliphatic heterocycles. The van der Waals surface area contributed by atoms with Crippen LogP contribution in [0, 0.1) is 19.8 Å². The largest absolute Gasteiger partial charge is 0.481 e. The molecular weight excluding hydrogens is 268 g/mol. The lowest BCUT2D eigenvalue weighted by atomic mass is 10.0. The van der Waals surface area contributed by atoms with E-state index in [0.29, 0.717) is 18.0 Å². The summed E-state index contributed by atoms with van der Waals surface area (Å²) in [7, 11) is 0. The van der Waals surface area contributed by atoms with E-state index < -0.39 is 5.97 Å². The molecular formula is C16H26N2O3. The number of aliphatic carboxylic acids is 1. The minimum absolute atomic E-state index is 0.0575. The van der Waals surface area contributed by atoms with Crippen molar-refractivity contribution in [3.05, 3.63) is 27.4 Å². The van der Waals surface area contributed by atoms with Crippen LogP contribution in [0.15, 0.2) is 4.79 Å². The molecule has 1 aromatic heterocycles. The normalized spacial score (nSPS) is 12.7. The van der Waals surface area contributed by atoms with Crippen LogP contribution < -0.4 is 5.69 Å². The Kier molecular flexibility index (Phi) is 6.12. The summed E-state index contributed by atoms with van der Waals surface area (Å²) in [5, 5.41) is 8.85. The Balaban J connectivity index is 3.11. The molecule has 0 fully saturated rings. The van der Waals surface area contributed by atoms with Gasteiger partial charge in [-0.15, -0.1) is 0 Å². The van der Waals surface area contributed by atoms with Gasteiger partial charge in [-0.3, -0.25) is 9.36 Å². The molecule has 0 aliphatic carbocycles. The molecule has 5 heteroatoms. The quantitative estimate of drug-likeness (QED) is 0.839. The lowest BCUT2D eigenvalue weighted by molar-refractivity contribution is -0.136. The van der Waals surface area contributed by atoms with E-state index in [1.165, 1.54) is 0 Å². The molecule has 0 aromatic carbocycles. The van der Waals surface area contributed by atoms with E-state index in [-0.39, 0.29) is 18.2 Å². The van der Waals surface area contributed by atoms with Crippen LogP contribution in [0.3, 0.4) is 0 Å². The highest BCUT2D eigenvalue weighted by molar-refractivity contribution is 5.67. The van der Waals surface area contributed by atoms with E-state index in [1.54, 1.807) is 11.5 Å². The van der Waals surface area contributed by atoms with Crippen LogP contribution in [0.2, 0.25) is 0 Å².